The van der Waals surface area contributed by atoms with Gasteiger partial charge in [0.2, 0.25) is 12.4 Å². The highest BCUT2D eigenvalue weighted by Gasteiger charge is 2.21. The van der Waals surface area contributed by atoms with Crippen molar-refractivity contribution in [1.82, 2.24) is 5.43 Å². The highest BCUT2D eigenvalue weighted by molar-refractivity contribution is 6.29. The molecular formula is C8H13BrClN3O2. The quantitative estimate of drug-likeness (QED) is 0.365. The third kappa shape index (κ3) is 4.55. The molecule has 0 fully saturated rings. The van der Waals surface area contributed by atoms with Crippen LogP contribution in [0.2, 0.25) is 0 Å². The van der Waals surface area contributed by atoms with Crippen LogP contribution in [0.25, 0.3) is 0 Å². The van der Waals surface area contributed by atoms with Gasteiger partial charge in [-0.15, -0.1) is 0 Å². The number of hydrogen-bond acceptors (Lipinski definition) is 4. The topological polar surface area (TPSA) is 68.8 Å². The summed E-state index contributed by atoms with van der Waals surface area (Å²) in [5.41, 5.74) is 8.44. The van der Waals surface area contributed by atoms with Crippen molar-refractivity contribution >= 4 is 17.6 Å². The number of hydrogen-bond donors (Lipinski definition) is 3. The van der Waals surface area contributed by atoms with Crippen LogP contribution < -0.4 is 33.1 Å². The van der Waals surface area contributed by atoms with Gasteiger partial charge >= 0.3 is 5.97 Å². The average molecular weight is 299 g/mol. The fraction of sp³-hybridized carbons (Fsp3) is 0.375. The summed E-state index contributed by atoms with van der Waals surface area (Å²) in [6.07, 6.45) is 3.28. The number of esters is 1. The number of halogens is 2. The molecule has 1 heterocycles. The zero-order valence-corrected chi connectivity index (χ0v) is 10.6. The maximum Gasteiger partial charge on any atom is 0.364 e. The Balaban J connectivity index is 0.00000196. The van der Waals surface area contributed by atoms with Crippen LogP contribution in [0.3, 0.4) is 0 Å². The molecule has 4 N–H and O–H groups in total. The van der Waals surface area contributed by atoms with E-state index in [0.29, 0.717) is 22.6 Å². The molecule has 0 bridgehead atoms. The van der Waals surface area contributed by atoms with E-state index in [1.165, 1.54) is 0 Å². The zero-order chi connectivity index (χ0) is 10.6. The number of nitrogens with two attached hydrogens (primary N) is 1. The van der Waals surface area contributed by atoms with Crippen LogP contribution in [0.5, 0.6) is 0 Å². The van der Waals surface area contributed by atoms with Gasteiger partial charge in [0.1, 0.15) is 0 Å². The standard InChI is InChI=1S/C8H12ClN3O2.BrH/c1-2-14-8(13)5-12-7(10)4-3-6(9)11-12;/h3-4,11H,2,5,10H2,1H3;1H. The molecule has 1 aliphatic heterocycles. The first-order chi connectivity index (χ1) is 6.63. The van der Waals surface area contributed by atoms with E-state index in [0.717, 1.165) is 0 Å². The van der Waals surface area contributed by atoms with Gasteiger partial charge in [0.05, 0.1) is 6.61 Å². The lowest BCUT2D eigenvalue weighted by atomic mass is 10.4. The van der Waals surface area contributed by atoms with Gasteiger partial charge in [0.15, 0.2) is 5.16 Å². The van der Waals surface area contributed by atoms with Gasteiger partial charge < -0.3 is 27.5 Å². The number of allylic oxidation sites excluding steroid dienone is 2. The predicted molar refractivity (Wildman–Crippen MR) is 51.8 cm³/mol. The molecule has 0 aromatic heterocycles. The Bertz CT molecular complexity index is 294. The van der Waals surface area contributed by atoms with E-state index >= 15 is 0 Å². The van der Waals surface area contributed by atoms with Gasteiger partial charge in [-0.2, -0.15) is 5.01 Å². The number of carbonyl (C=O) groups excluding carboxylic acids is 1. The van der Waals surface area contributed by atoms with Gasteiger partial charge in [-0.25, -0.2) is 10.2 Å². The van der Waals surface area contributed by atoms with Gasteiger partial charge in [0.25, 0.3) is 0 Å². The summed E-state index contributed by atoms with van der Waals surface area (Å²) in [5.74, 6) is 0.181. The van der Waals surface area contributed by atoms with Crippen LogP contribution in [0.4, 0.5) is 0 Å². The first-order valence-electron chi connectivity index (χ1n) is 4.25. The van der Waals surface area contributed by atoms with Crippen LogP contribution >= 0.6 is 11.6 Å². The number of ether oxygens (including phenoxy) is 1. The van der Waals surface area contributed by atoms with E-state index in [4.69, 9.17) is 22.1 Å². The first kappa shape index (κ1) is 14.3. The van der Waals surface area contributed by atoms with Crippen LogP contribution in [0, 0.1) is 0 Å². The number of nitrogens with one attached hydrogen (secondary N) is 2. The molecule has 0 saturated heterocycles. The molecule has 0 radical (unpaired) electrons. The second kappa shape index (κ2) is 6.71. The fourth-order valence-electron chi connectivity index (χ4n) is 1.02. The lowest BCUT2D eigenvalue weighted by molar-refractivity contribution is -0.896. The molecule has 0 aliphatic carbocycles. The SMILES string of the molecule is CCOC(=O)C[NH+]1NC(Cl)=CC=C1N.[Br-]. The highest BCUT2D eigenvalue weighted by atomic mass is 79.9. The molecule has 1 atom stereocenters. The summed E-state index contributed by atoms with van der Waals surface area (Å²) in [7, 11) is 0. The molecule has 15 heavy (non-hydrogen) atoms. The van der Waals surface area contributed by atoms with E-state index in [1.54, 1.807) is 19.1 Å². The normalized spacial score (nSPS) is 19.2. The van der Waals surface area contributed by atoms with Crippen molar-refractivity contribution in [3.63, 3.8) is 0 Å². The summed E-state index contributed by atoms with van der Waals surface area (Å²) in [6.45, 7) is 2.22. The lowest BCUT2D eigenvalue weighted by Crippen LogP contribution is -3.18. The van der Waals surface area contributed by atoms with Crippen molar-refractivity contribution in [3.05, 3.63) is 23.1 Å². The maximum absolute atomic E-state index is 11.1. The summed E-state index contributed by atoms with van der Waals surface area (Å²) in [5, 5.41) is 1.02. The minimum atomic E-state index is -0.322. The molecule has 0 aromatic rings. The largest absolute Gasteiger partial charge is 1.00 e. The van der Waals surface area contributed by atoms with Crippen molar-refractivity contribution in [2.24, 2.45) is 5.73 Å². The van der Waals surface area contributed by atoms with E-state index < -0.39 is 0 Å². The molecule has 0 aromatic carbocycles. The fourth-order valence-corrected chi connectivity index (χ4v) is 1.20. The Hall–Kier alpha value is -0.720. The summed E-state index contributed by atoms with van der Waals surface area (Å²) >= 11 is 5.71. The molecule has 1 aliphatic rings. The summed E-state index contributed by atoms with van der Waals surface area (Å²) in [6, 6.07) is 0. The van der Waals surface area contributed by atoms with Crippen LogP contribution in [0.15, 0.2) is 23.1 Å². The minimum Gasteiger partial charge on any atom is -1.00 e. The van der Waals surface area contributed by atoms with Crippen molar-refractivity contribution in [3.8, 4) is 0 Å². The zero-order valence-electron chi connectivity index (χ0n) is 8.22. The Labute approximate surface area is 104 Å². The summed E-state index contributed by atoms with van der Waals surface area (Å²) < 4.78 is 4.78. The van der Waals surface area contributed by atoms with Crippen molar-refractivity contribution in [2.45, 2.75) is 6.92 Å². The molecule has 7 heteroatoms. The first-order valence-corrected chi connectivity index (χ1v) is 4.63. The van der Waals surface area contributed by atoms with E-state index in [9.17, 15) is 4.79 Å². The molecular weight excluding hydrogens is 285 g/mol. The molecule has 1 rings (SSSR count). The Morgan fingerprint density at radius 2 is 2.33 bits per heavy atom. The number of rotatable bonds is 3. The van der Waals surface area contributed by atoms with Crippen molar-refractivity contribution < 1.29 is 31.5 Å². The Morgan fingerprint density at radius 3 is 2.93 bits per heavy atom. The van der Waals surface area contributed by atoms with E-state index in [-0.39, 0.29) is 29.5 Å². The van der Waals surface area contributed by atoms with Gasteiger partial charge in [-0.3, -0.25) is 0 Å². The predicted octanol–water partition coefficient (Wildman–Crippen LogP) is -4.16. The molecule has 86 valence electrons. The van der Waals surface area contributed by atoms with E-state index in [1.807, 2.05) is 0 Å². The molecule has 0 amide bonds. The number of quaternary nitrogens is 1. The highest BCUT2D eigenvalue weighted by Crippen LogP contribution is 1.96. The van der Waals surface area contributed by atoms with Crippen LogP contribution in [-0.2, 0) is 9.53 Å². The van der Waals surface area contributed by atoms with Gasteiger partial charge in [-0.05, 0) is 13.0 Å². The molecule has 0 spiro atoms. The number of carbonyl (C=O) groups is 1. The maximum atomic E-state index is 11.1. The molecule has 5 nitrogen and oxygen atoms in total. The smallest absolute Gasteiger partial charge is 0.364 e. The molecule has 0 saturated carbocycles. The second-order valence-electron chi connectivity index (χ2n) is 2.72. The van der Waals surface area contributed by atoms with E-state index in [2.05, 4.69) is 5.43 Å². The van der Waals surface area contributed by atoms with Crippen LogP contribution in [-0.4, -0.2) is 19.1 Å². The average Bonchev–Trinajstić information content (AvgIpc) is 2.12. The minimum absolute atomic E-state index is 0. The van der Waals surface area contributed by atoms with Crippen LogP contribution in [0.1, 0.15) is 6.92 Å². The third-order valence-electron chi connectivity index (χ3n) is 1.65. The second-order valence-corrected chi connectivity index (χ2v) is 3.13. The van der Waals surface area contributed by atoms with Gasteiger partial charge in [-0.1, -0.05) is 11.6 Å². The monoisotopic (exact) mass is 297 g/mol. The Morgan fingerprint density at radius 1 is 1.67 bits per heavy atom. The Kier molecular flexibility index (Phi) is 6.38. The summed E-state index contributed by atoms with van der Waals surface area (Å²) in [4.78, 5) is 11.1. The third-order valence-corrected chi connectivity index (χ3v) is 1.87. The van der Waals surface area contributed by atoms with Gasteiger partial charge in [0, 0.05) is 6.08 Å². The van der Waals surface area contributed by atoms with Crippen molar-refractivity contribution in [2.75, 3.05) is 13.2 Å². The molecule has 1 unspecified atom stereocenters. The van der Waals surface area contributed by atoms with Crippen molar-refractivity contribution in [1.29, 1.82) is 0 Å². The lowest BCUT2D eigenvalue weighted by Gasteiger charge is -2.20.